The van der Waals surface area contributed by atoms with Crippen molar-refractivity contribution in [3.63, 3.8) is 0 Å². The van der Waals surface area contributed by atoms with E-state index in [-0.39, 0.29) is 17.9 Å². The molecule has 100 valence electrons. The number of carbonyl (C=O) groups is 1. The van der Waals surface area contributed by atoms with Crippen LogP contribution in [0.4, 0.5) is 0 Å². The predicted molar refractivity (Wildman–Crippen MR) is 73.1 cm³/mol. The van der Waals surface area contributed by atoms with E-state index in [0.717, 1.165) is 17.8 Å². The number of nitrogens with one attached hydrogen (secondary N) is 2. The van der Waals surface area contributed by atoms with Crippen molar-refractivity contribution in [1.82, 2.24) is 10.6 Å². The van der Waals surface area contributed by atoms with Gasteiger partial charge in [0.15, 0.2) is 0 Å². The van der Waals surface area contributed by atoms with Gasteiger partial charge in [0.25, 0.3) is 5.91 Å². The van der Waals surface area contributed by atoms with Crippen LogP contribution in [0.3, 0.4) is 0 Å². The maximum atomic E-state index is 12.0. The number of aliphatic hydroxyl groups excluding tert-OH is 1. The van der Waals surface area contributed by atoms with Gasteiger partial charge in [-0.05, 0) is 25.0 Å². The monoisotopic (exact) mass is 268 g/mol. The van der Waals surface area contributed by atoms with Crippen molar-refractivity contribution in [2.45, 2.75) is 26.4 Å². The highest BCUT2D eigenvalue weighted by atomic mass is 32.1. The molecule has 1 amide bonds. The van der Waals surface area contributed by atoms with E-state index in [9.17, 15) is 9.90 Å². The topological polar surface area (TPSA) is 61.4 Å². The molecule has 1 fully saturated rings. The molecule has 1 aromatic rings. The molecule has 3 N–H and O–H groups in total. The van der Waals surface area contributed by atoms with Gasteiger partial charge >= 0.3 is 0 Å². The van der Waals surface area contributed by atoms with Crippen molar-refractivity contribution in [3.05, 3.63) is 21.4 Å². The number of carbonyl (C=O) groups excluding carboxylic acids is 1. The molecule has 0 saturated carbocycles. The van der Waals surface area contributed by atoms with Crippen LogP contribution in [-0.4, -0.2) is 36.8 Å². The third kappa shape index (κ3) is 2.91. The number of β-amino-alcohol motifs (C(OH)–C–C–N with tert-alkyl or cyclic N) is 1. The lowest BCUT2D eigenvalue weighted by atomic mass is 10.1. The van der Waals surface area contributed by atoms with E-state index in [2.05, 4.69) is 17.6 Å². The Bertz CT molecular complexity index is 431. The molecular formula is C13H20N2O2S. The fraction of sp³-hybridized carbons (Fsp3) is 0.615. The molecule has 0 aliphatic carbocycles. The minimum atomic E-state index is -0.346. The second-order valence-corrected chi connectivity index (χ2v) is 6.00. The van der Waals surface area contributed by atoms with Crippen molar-refractivity contribution >= 4 is 17.2 Å². The van der Waals surface area contributed by atoms with E-state index in [1.165, 1.54) is 10.4 Å². The van der Waals surface area contributed by atoms with E-state index < -0.39 is 0 Å². The van der Waals surface area contributed by atoms with Crippen LogP contribution in [0.2, 0.25) is 0 Å². The maximum Gasteiger partial charge on any atom is 0.261 e. The van der Waals surface area contributed by atoms with Crippen LogP contribution in [0.1, 0.15) is 27.0 Å². The number of hydrogen-bond donors (Lipinski definition) is 3. The van der Waals surface area contributed by atoms with Gasteiger partial charge in [0, 0.05) is 30.4 Å². The predicted octanol–water partition coefficient (Wildman–Crippen LogP) is 0.929. The SMILES string of the molecule is CCc1cc(C(=O)NCC2CNCC2O)sc1C. The summed E-state index contributed by atoms with van der Waals surface area (Å²) < 4.78 is 0. The molecule has 0 bridgehead atoms. The molecule has 0 aromatic carbocycles. The molecule has 2 heterocycles. The fourth-order valence-electron chi connectivity index (χ4n) is 2.22. The average Bonchev–Trinajstić information content (AvgIpc) is 2.92. The van der Waals surface area contributed by atoms with Gasteiger partial charge in [-0.25, -0.2) is 0 Å². The first-order valence-electron chi connectivity index (χ1n) is 6.38. The Kier molecular flexibility index (Phi) is 4.37. The normalized spacial score (nSPS) is 23.3. The van der Waals surface area contributed by atoms with E-state index in [4.69, 9.17) is 0 Å². The molecular weight excluding hydrogens is 248 g/mol. The third-order valence-corrected chi connectivity index (χ3v) is 4.55. The number of hydrogen-bond acceptors (Lipinski definition) is 4. The molecule has 1 aliphatic heterocycles. The second-order valence-electron chi connectivity index (χ2n) is 4.74. The zero-order valence-electron chi connectivity index (χ0n) is 10.8. The molecule has 0 spiro atoms. The molecule has 2 atom stereocenters. The summed E-state index contributed by atoms with van der Waals surface area (Å²) >= 11 is 1.54. The smallest absolute Gasteiger partial charge is 0.261 e. The molecule has 1 aliphatic rings. The zero-order valence-corrected chi connectivity index (χ0v) is 11.6. The second kappa shape index (κ2) is 5.82. The fourth-order valence-corrected chi connectivity index (χ4v) is 3.25. The van der Waals surface area contributed by atoms with Gasteiger partial charge < -0.3 is 15.7 Å². The van der Waals surface area contributed by atoms with Crippen molar-refractivity contribution in [2.24, 2.45) is 5.92 Å². The largest absolute Gasteiger partial charge is 0.391 e. The van der Waals surface area contributed by atoms with E-state index in [0.29, 0.717) is 13.1 Å². The Morgan fingerprint density at radius 3 is 2.94 bits per heavy atom. The number of aliphatic hydroxyl groups is 1. The summed E-state index contributed by atoms with van der Waals surface area (Å²) in [6.07, 6.45) is 0.613. The van der Waals surface area contributed by atoms with Crippen molar-refractivity contribution in [3.8, 4) is 0 Å². The molecule has 4 nitrogen and oxygen atoms in total. The molecule has 0 radical (unpaired) electrons. The van der Waals surface area contributed by atoms with Gasteiger partial charge in [-0.2, -0.15) is 0 Å². The summed E-state index contributed by atoms with van der Waals surface area (Å²) in [5.41, 5.74) is 1.24. The van der Waals surface area contributed by atoms with E-state index >= 15 is 0 Å². The summed E-state index contributed by atoms with van der Waals surface area (Å²) in [5.74, 6) is 0.0996. The minimum absolute atomic E-state index is 0.0260. The highest BCUT2D eigenvalue weighted by Gasteiger charge is 2.25. The lowest BCUT2D eigenvalue weighted by Gasteiger charge is -2.13. The van der Waals surface area contributed by atoms with Gasteiger partial charge in [-0.15, -0.1) is 11.3 Å². The van der Waals surface area contributed by atoms with Gasteiger partial charge in [-0.3, -0.25) is 4.79 Å². The minimum Gasteiger partial charge on any atom is -0.391 e. The van der Waals surface area contributed by atoms with Gasteiger partial charge in [-0.1, -0.05) is 6.92 Å². The molecule has 2 rings (SSSR count). The van der Waals surface area contributed by atoms with Crippen LogP contribution >= 0.6 is 11.3 Å². The lowest BCUT2D eigenvalue weighted by Crippen LogP contribution is -2.34. The van der Waals surface area contributed by atoms with E-state index in [1.807, 2.05) is 13.0 Å². The zero-order chi connectivity index (χ0) is 13.1. The van der Waals surface area contributed by atoms with Gasteiger partial charge in [0.05, 0.1) is 11.0 Å². The van der Waals surface area contributed by atoms with Crippen molar-refractivity contribution in [2.75, 3.05) is 19.6 Å². The number of amides is 1. The summed E-state index contributed by atoms with van der Waals surface area (Å²) in [4.78, 5) is 14.0. The highest BCUT2D eigenvalue weighted by molar-refractivity contribution is 7.14. The van der Waals surface area contributed by atoms with Gasteiger partial charge in [0.1, 0.15) is 0 Å². The Hall–Kier alpha value is -0.910. The Morgan fingerprint density at radius 2 is 2.39 bits per heavy atom. The van der Waals surface area contributed by atoms with E-state index in [1.54, 1.807) is 11.3 Å². The van der Waals surface area contributed by atoms with Crippen molar-refractivity contribution < 1.29 is 9.90 Å². The van der Waals surface area contributed by atoms with Crippen LogP contribution in [0.25, 0.3) is 0 Å². The molecule has 1 aromatic heterocycles. The quantitative estimate of drug-likeness (QED) is 0.761. The molecule has 1 saturated heterocycles. The highest BCUT2D eigenvalue weighted by Crippen LogP contribution is 2.22. The molecule has 2 unspecified atom stereocenters. The number of rotatable bonds is 4. The van der Waals surface area contributed by atoms with Crippen LogP contribution in [-0.2, 0) is 6.42 Å². The first kappa shape index (κ1) is 13.5. The Labute approximate surface area is 111 Å². The first-order chi connectivity index (χ1) is 8.61. The molecule has 18 heavy (non-hydrogen) atoms. The van der Waals surface area contributed by atoms with Crippen LogP contribution in [0, 0.1) is 12.8 Å². The molecule has 5 heteroatoms. The number of aryl methyl sites for hydroxylation is 2. The lowest BCUT2D eigenvalue weighted by molar-refractivity contribution is 0.0931. The van der Waals surface area contributed by atoms with Crippen molar-refractivity contribution in [1.29, 1.82) is 0 Å². The summed E-state index contributed by atoms with van der Waals surface area (Å²) in [6.45, 7) is 6.07. The van der Waals surface area contributed by atoms with Crippen LogP contribution in [0.5, 0.6) is 0 Å². The van der Waals surface area contributed by atoms with Crippen LogP contribution in [0.15, 0.2) is 6.07 Å². The first-order valence-corrected chi connectivity index (χ1v) is 7.19. The standard InChI is InChI=1S/C13H20N2O2S/c1-3-9-4-12(18-8(9)2)13(17)15-6-10-5-14-7-11(10)16/h4,10-11,14,16H,3,5-7H2,1-2H3,(H,15,17). The van der Waals surface area contributed by atoms with Gasteiger partial charge in [0.2, 0.25) is 0 Å². The summed E-state index contributed by atoms with van der Waals surface area (Å²) in [6, 6.07) is 1.97. The maximum absolute atomic E-state index is 12.0. The Balaban J connectivity index is 1.91. The third-order valence-electron chi connectivity index (χ3n) is 3.45. The summed E-state index contributed by atoms with van der Waals surface area (Å²) in [7, 11) is 0. The average molecular weight is 268 g/mol. The van der Waals surface area contributed by atoms with Crippen LogP contribution < -0.4 is 10.6 Å². The Morgan fingerprint density at radius 1 is 1.61 bits per heavy atom. The summed E-state index contributed by atoms with van der Waals surface area (Å²) in [5, 5.41) is 15.7. The number of thiophene rings is 1.